The largest absolute Gasteiger partial charge is 0.432 e. The summed E-state index contributed by atoms with van der Waals surface area (Å²) in [6.07, 6.45) is 1.97. The van der Waals surface area contributed by atoms with E-state index in [2.05, 4.69) is 12.1 Å². The summed E-state index contributed by atoms with van der Waals surface area (Å²) in [6.45, 7) is 2.22. The molecule has 0 bridgehead atoms. The molecule has 3 N–H and O–H groups in total. The second kappa shape index (κ2) is 5.78. The van der Waals surface area contributed by atoms with Gasteiger partial charge in [0.2, 0.25) is 0 Å². The maximum Gasteiger partial charge on any atom is 0.413 e. The van der Waals surface area contributed by atoms with Gasteiger partial charge >= 0.3 is 7.05 Å². The maximum absolute atomic E-state index is 10.1. The number of nitrogens with two attached hydrogens (primary N) is 1. The fourth-order valence-corrected chi connectivity index (χ4v) is 3.27. The molecule has 0 aliphatic heterocycles. The predicted octanol–water partition coefficient (Wildman–Crippen LogP) is 3.27. The second-order valence-corrected chi connectivity index (χ2v) is 5.99. The average molecular weight is 315 g/mol. The molecule has 0 unspecified atom stereocenters. The van der Waals surface area contributed by atoms with Gasteiger partial charge in [0.1, 0.15) is 0 Å². The van der Waals surface area contributed by atoms with Gasteiger partial charge in [-0.05, 0) is 30.6 Å². The summed E-state index contributed by atoms with van der Waals surface area (Å²) in [5.41, 5.74) is 10.8. The summed E-state index contributed by atoms with van der Waals surface area (Å²) in [5.74, 6) is 0. The number of aromatic nitrogens is 2. The third kappa shape index (κ3) is 2.30. The number of nitrogens with zero attached hydrogens (tertiary/aromatic N) is 2. The highest BCUT2D eigenvalue weighted by atomic mass is 16.2. The molecule has 24 heavy (non-hydrogen) atoms. The number of para-hydroxylation sites is 2. The second-order valence-electron chi connectivity index (χ2n) is 5.99. The molecule has 0 aliphatic rings. The van der Waals surface area contributed by atoms with E-state index in [-0.39, 0.29) is 0 Å². The molecule has 0 radical (unpaired) electrons. The molecule has 0 spiro atoms. The van der Waals surface area contributed by atoms with Gasteiger partial charge in [0.05, 0.1) is 11.2 Å². The molecule has 4 rings (SSSR count). The Hall–Kier alpha value is -2.63. The standard InChI is InChI=1S/C19H18BN3O/c1-20(24)23-12-16(15-7-3-5-9-19(15)23)18-10-13(11-21)14-6-2-4-8-17(14)22-18/h2-10,12,24H,11,21H2,1H3. The molecule has 0 atom stereocenters. The summed E-state index contributed by atoms with van der Waals surface area (Å²) in [5, 5.41) is 12.2. The molecule has 118 valence electrons. The minimum Gasteiger partial charge on any atom is -0.432 e. The van der Waals surface area contributed by atoms with Gasteiger partial charge in [0, 0.05) is 34.6 Å². The van der Waals surface area contributed by atoms with Crippen molar-refractivity contribution in [1.82, 2.24) is 9.46 Å². The molecular formula is C19H18BN3O. The molecule has 2 aromatic carbocycles. The summed E-state index contributed by atoms with van der Waals surface area (Å²) < 4.78 is 1.86. The lowest BCUT2D eigenvalue weighted by molar-refractivity contribution is 0.566. The first-order chi connectivity index (χ1) is 11.7. The fraction of sp³-hybridized carbons (Fsp3) is 0.105. The SMILES string of the molecule is CB(O)n1cc(-c2cc(CN)c3ccccc3n2)c2ccccc21. The van der Waals surface area contributed by atoms with Crippen molar-refractivity contribution in [2.45, 2.75) is 13.4 Å². The number of hydrogen-bond acceptors (Lipinski definition) is 3. The number of rotatable bonds is 3. The highest BCUT2D eigenvalue weighted by molar-refractivity contribution is 6.48. The minimum atomic E-state index is -0.599. The van der Waals surface area contributed by atoms with E-state index in [0.717, 1.165) is 38.6 Å². The van der Waals surface area contributed by atoms with Crippen LogP contribution in [0.3, 0.4) is 0 Å². The number of hydrogen-bond donors (Lipinski definition) is 2. The van der Waals surface area contributed by atoms with Crippen LogP contribution in [0.1, 0.15) is 5.56 Å². The van der Waals surface area contributed by atoms with E-state index in [9.17, 15) is 5.02 Å². The quantitative estimate of drug-likeness (QED) is 0.570. The van der Waals surface area contributed by atoms with Crippen molar-refractivity contribution in [2.75, 3.05) is 0 Å². The molecule has 5 heteroatoms. The van der Waals surface area contributed by atoms with Crippen LogP contribution in [-0.4, -0.2) is 21.5 Å². The number of fused-ring (bicyclic) bond motifs is 2. The molecule has 2 heterocycles. The Balaban J connectivity index is 2.03. The third-order valence-electron chi connectivity index (χ3n) is 4.44. The van der Waals surface area contributed by atoms with Crippen LogP contribution in [0.15, 0.2) is 60.8 Å². The Morgan fingerprint density at radius 1 is 1.08 bits per heavy atom. The first kappa shape index (κ1) is 14.9. The van der Waals surface area contributed by atoms with Crippen molar-refractivity contribution in [2.24, 2.45) is 5.73 Å². The zero-order valence-corrected chi connectivity index (χ0v) is 13.5. The Morgan fingerprint density at radius 3 is 2.54 bits per heavy atom. The summed E-state index contributed by atoms with van der Waals surface area (Å²) in [6, 6.07) is 18.1. The van der Waals surface area contributed by atoms with Crippen LogP contribution in [0.5, 0.6) is 0 Å². The minimum absolute atomic E-state index is 0.463. The summed E-state index contributed by atoms with van der Waals surface area (Å²) >= 11 is 0. The molecule has 4 nitrogen and oxygen atoms in total. The number of pyridine rings is 1. The van der Waals surface area contributed by atoms with Crippen LogP contribution in [0.4, 0.5) is 0 Å². The van der Waals surface area contributed by atoms with Gasteiger partial charge in [0.25, 0.3) is 0 Å². The molecule has 0 fully saturated rings. The molecule has 0 aliphatic carbocycles. The zero-order chi connectivity index (χ0) is 16.7. The lowest BCUT2D eigenvalue weighted by atomic mass is 9.88. The van der Waals surface area contributed by atoms with Crippen LogP contribution in [0.25, 0.3) is 33.1 Å². The van der Waals surface area contributed by atoms with E-state index in [1.807, 2.05) is 53.1 Å². The van der Waals surface area contributed by atoms with Crippen LogP contribution in [0.2, 0.25) is 6.82 Å². The summed E-state index contributed by atoms with van der Waals surface area (Å²) in [7, 11) is -0.599. The lowest BCUT2D eigenvalue weighted by Crippen LogP contribution is -2.17. The van der Waals surface area contributed by atoms with E-state index >= 15 is 0 Å². The fourth-order valence-electron chi connectivity index (χ4n) is 3.27. The molecular weight excluding hydrogens is 297 g/mol. The molecule has 2 aromatic heterocycles. The van der Waals surface area contributed by atoms with Gasteiger partial charge in [0.15, 0.2) is 0 Å². The smallest absolute Gasteiger partial charge is 0.413 e. The van der Waals surface area contributed by atoms with Gasteiger partial charge in [-0.3, -0.25) is 0 Å². The van der Waals surface area contributed by atoms with Crippen LogP contribution < -0.4 is 5.73 Å². The van der Waals surface area contributed by atoms with Gasteiger partial charge in [-0.25, -0.2) is 4.98 Å². The predicted molar refractivity (Wildman–Crippen MR) is 99.8 cm³/mol. The van der Waals surface area contributed by atoms with Crippen molar-refractivity contribution in [3.8, 4) is 11.3 Å². The van der Waals surface area contributed by atoms with Gasteiger partial charge in [-0.1, -0.05) is 36.4 Å². The van der Waals surface area contributed by atoms with Crippen LogP contribution in [-0.2, 0) is 6.54 Å². The third-order valence-corrected chi connectivity index (χ3v) is 4.44. The van der Waals surface area contributed by atoms with E-state index in [4.69, 9.17) is 10.7 Å². The monoisotopic (exact) mass is 315 g/mol. The molecule has 4 aromatic rings. The van der Waals surface area contributed by atoms with Crippen LogP contribution in [0, 0.1) is 0 Å². The van der Waals surface area contributed by atoms with Crippen LogP contribution >= 0.6 is 0 Å². The van der Waals surface area contributed by atoms with Crippen molar-refractivity contribution in [3.05, 3.63) is 66.4 Å². The highest BCUT2D eigenvalue weighted by Gasteiger charge is 2.16. The Bertz CT molecular complexity index is 1040. The first-order valence-corrected chi connectivity index (χ1v) is 8.06. The van der Waals surface area contributed by atoms with Gasteiger partial charge in [-0.15, -0.1) is 0 Å². The summed E-state index contributed by atoms with van der Waals surface area (Å²) in [4.78, 5) is 4.83. The Labute approximate surface area is 140 Å². The zero-order valence-electron chi connectivity index (χ0n) is 13.5. The highest BCUT2D eigenvalue weighted by Crippen LogP contribution is 2.32. The van der Waals surface area contributed by atoms with E-state index in [0.29, 0.717) is 6.54 Å². The number of benzene rings is 2. The van der Waals surface area contributed by atoms with Crippen molar-refractivity contribution >= 4 is 28.9 Å². The average Bonchev–Trinajstić information content (AvgIpc) is 3.00. The molecule has 0 saturated heterocycles. The van der Waals surface area contributed by atoms with E-state index in [1.165, 1.54) is 0 Å². The van der Waals surface area contributed by atoms with E-state index in [1.54, 1.807) is 6.82 Å². The topological polar surface area (TPSA) is 64.1 Å². The van der Waals surface area contributed by atoms with E-state index < -0.39 is 7.05 Å². The molecule has 0 amide bonds. The Kier molecular flexibility index (Phi) is 3.60. The first-order valence-electron chi connectivity index (χ1n) is 8.06. The van der Waals surface area contributed by atoms with Crippen molar-refractivity contribution in [1.29, 1.82) is 0 Å². The van der Waals surface area contributed by atoms with Gasteiger partial charge < -0.3 is 15.2 Å². The maximum atomic E-state index is 10.1. The Morgan fingerprint density at radius 2 is 1.79 bits per heavy atom. The normalized spacial score (nSPS) is 11.3. The van der Waals surface area contributed by atoms with Gasteiger partial charge in [-0.2, -0.15) is 0 Å². The lowest BCUT2D eigenvalue weighted by Gasteiger charge is -2.07. The van der Waals surface area contributed by atoms with Crippen molar-refractivity contribution in [3.63, 3.8) is 0 Å². The van der Waals surface area contributed by atoms with Crippen molar-refractivity contribution < 1.29 is 5.02 Å². The molecule has 0 saturated carbocycles.